The van der Waals surface area contributed by atoms with Crippen molar-refractivity contribution in [2.45, 2.75) is 40.2 Å². The van der Waals surface area contributed by atoms with Crippen LogP contribution in [0.4, 0.5) is 0 Å². The first-order valence-electron chi connectivity index (χ1n) is 7.84. The van der Waals surface area contributed by atoms with Gasteiger partial charge in [0.25, 0.3) is 5.91 Å². The smallest absolute Gasteiger partial charge is 0.341 e. The molecule has 2 rings (SSSR count). The molecular formula is C17H21N3O4S. The summed E-state index contributed by atoms with van der Waals surface area (Å²) in [5.41, 5.74) is 1.92. The van der Waals surface area contributed by atoms with Crippen molar-refractivity contribution in [3.63, 3.8) is 0 Å². The van der Waals surface area contributed by atoms with Crippen molar-refractivity contribution >= 4 is 23.2 Å². The molecule has 25 heavy (non-hydrogen) atoms. The number of carboxylic acids is 1. The van der Waals surface area contributed by atoms with Crippen LogP contribution in [0.15, 0.2) is 12.1 Å². The Bertz CT molecular complexity index is 763. The fourth-order valence-electron chi connectivity index (χ4n) is 2.27. The second kappa shape index (κ2) is 8.06. The molecule has 0 fully saturated rings. The SMILES string of the molecule is Cc1cc(C(=O)NCc2nnc(C(C)C)s2)cc(C)c1OCC(=O)O. The molecule has 134 valence electrons. The average molecular weight is 363 g/mol. The second-order valence-corrected chi connectivity index (χ2v) is 7.09. The number of ether oxygens (including phenoxy) is 1. The van der Waals surface area contributed by atoms with Crippen LogP contribution < -0.4 is 10.1 Å². The molecule has 8 heteroatoms. The van der Waals surface area contributed by atoms with E-state index >= 15 is 0 Å². The lowest BCUT2D eigenvalue weighted by atomic mass is 10.1. The van der Waals surface area contributed by atoms with Crippen LogP contribution >= 0.6 is 11.3 Å². The minimum atomic E-state index is -1.04. The van der Waals surface area contributed by atoms with Gasteiger partial charge in [-0.1, -0.05) is 25.2 Å². The van der Waals surface area contributed by atoms with E-state index in [0.29, 0.717) is 34.9 Å². The first-order chi connectivity index (χ1) is 11.8. The van der Waals surface area contributed by atoms with Gasteiger partial charge in [-0.25, -0.2) is 4.79 Å². The van der Waals surface area contributed by atoms with Crippen molar-refractivity contribution in [1.29, 1.82) is 0 Å². The van der Waals surface area contributed by atoms with Gasteiger partial charge in [-0.3, -0.25) is 4.79 Å². The topological polar surface area (TPSA) is 101 Å². The number of carbonyl (C=O) groups is 2. The van der Waals surface area contributed by atoms with Crippen LogP contribution in [-0.2, 0) is 11.3 Å². The predicted octanol–water partition coefficient (Wildman–Crippen LogP) is 2.67. The summed E-state index contributed by atoms with van der Waals surface area (Å²) in [6.07, 6.45) is 0. The number of hydrogen-bond acceptors (Lipinski definition) is 6. The first kappa shape index (κ1) is 18.9. The Hall–Kier alpha value is -2.48. The lowest BCUT2D eigenvalue weighted by molar-refractivity contribution is -0.139. The van der Waals surface area contributed by atoms with Crippen molar-refractivity contribution in [3.05, 3.63) is 38.8 Å². The first-order valence-corrected chi connectivity index (χ1v) is 8.66. The van der Waals surface area contributed by atoms with Crippen LogP contribution in [0, 0.1) is 13.8 Å². The molecule has 0 saturated heterocycles. The van der Waals surface area contributed by atoms with E-state index in [2.05, 4.69) is 15.5 Å². The molecule has 0 aliphatic rings. The number of nitrogens with one attached hydrogen (secondary N) is 1. The monoisotopic (exact) mass is 363 g/mol. The predicted molar refractivity (Wildman–Crippen MR) is 94.2 cm³/mol. The number of carbonyl (C=O) groups excluding carboxylic acids is 1. The molecule has 7 nitrogen and oxygen atoms in total. The maximum absolute atomic E-state index is 12.4. The minimum absolute atomic E-state index is 0.225. The third kappa shape index (κ3) is 4.99. The minimum Gasteiger partial charge on any atom is -0.481 e. The molecule has 0 radical (unpaired) electrons. The summed E-state index contributed by atoms with van der Waals surface area (Å²) in [7, 11) is 0. The van der Waals surface area contributed by atoms with Gasteiger partial charge in [0.15, 0.2) is 6.61 Å². The molecule has 1 heterocycles. The van der Waals surface area contributed by atoms with Crippen LogP contribution in [0.1, 0.15) is 51.3 Å². The van der Waals surface area contributed by atoms with Crippen molar-refractivity contribution in [2.75, 3.05) is 6.61 Å². The Kier molecular flexibility index (Phi) is 6.08. The third-order valence-electron chi connectivity index (χ3n) is 3.44. The highest BCUT2D eigenvalue weighted by Crippen LogP contribution is 2.25. The van der Waals surface area contributed by atoms with E-state index < -0.39 is 12.6 Å². The quantitative estimate of drug-likeness (QED) is 0.784. The summed E-state index contributed by atoms with van der Waals surface area (Å²) in [5.74, 6) is -0.467. The molecule has 1 aromatic heterocycles. The van der Waals surface area contributed by atoms with Crippen LogP contribution in [0.3, 0.4) is 0 Å². The average Bonchev–Trinajstić information content (AvgIpc) is 3.00. The van der Waals surface area contributed by atoms with Crippen LogP contribution in [0.5, 0.6) is 5.75 Å². The molecule has 0 saturated carbocycles. The molecule has 0 spiro atoms. The highest BCUT2D eigenvalue weighted by Gasteiger charge is 2.14. The van der Waals surface area contributed by atoms with E-state index in [0.717, 1.165) is 10.0 Å². The molecule has 1 aromatic carbocycles. The van der Waals surface area contributed by atoms with Gasteiger partial charge < -0.3 is 15.2 Å². The van der Waals surface area contributed by atoms with Crippen LogP contribution in [0.25, 0.3) is 0 Å². The summed E-state index contributed by atoms with van der Waals surface area (Å²) < 4.78 is 5.27. The number of hydrogen-bond donors (Lipinski definition) is 2. The zero-order valence-corrected chi connectivity index (χ0v) is 15.4. The van der Waals surface area contributed by atoms with Gasteiger partial charge in [0.05, 0.1) is 6.54 Å². The lowest BCUT2D eigenvalue weighted by Gasteiger charge is -2.12. The molecule has 0 aliphatic carbocycles. The number of aromatic nitrogens is 2. The Balaban J connectivity index is 2.04. The van der Waals surface area contributed by atoms with Gasteiger partial charge in [-0.2, -0.15) is 0 Å². The number of benzene rings is 1. The van der Waals surface area contributed by atoms with E-state index in [-0.39, 0.29) is 5.91 Å². The number of rotatable bonds is 7. The van der Waals surface area contributed by atoms with Gasteiger partial charge in [-0.15, -0.1) is 10.2 Å². The number of nitrogens with zero attached hydrogens (tertiary/aromatic N) is 2. The molecule has 2 N–H and O–H groups in total. The highest BCUT2D eigenvalue weighted by atomic mass is 32.1. The summed E-state index contributed by atoms with van der Waals surface area (Å²) in [6.45, 7) is 7.55. The summed E-state index contributed by atoms with van der Waals surface area (Å²) >= 11 is 1.48. The zero-order valence-electron chi connectivity index (χ0n) is 14.6. The number of carboxylic acid groups (broad SMARTS) is 1. The van der Waals surface area contributed by atoms with Gasteiger partial charge >= 0.3 is 5.97 Å². The standard InChI is InChI=1S/C17H21N3O4S/c1-9(2)17-20-19-13(25-17)7-18-16(23)12-5-10(3)15(11(4)6-12)24-8-14(21)22/h5-6,9H,7-8H2,1-4H3,(H,18,23)(H,21,22). The summed E-state index contributed by atoms with van der Waals surface area (Å²) in [5, 5.41) is 21.4. The van der Waals surface area contributed by atoms with E-state index in [1.807, 2.05) is 13.8 Å². The molecule has 0 atom stereocenters. The van der Waals surface area contributed by atoms with Crippen molar-refractivity contribution in [1.82, 2.24) is 15.5 Å². The fourth-order valence-corrected chi connectivity index (χ4v) is 3.06. The molecule has 0 aliphatic heterocycles. The van der Waals surface area contributed by atoms with Gasteiger partial charge in [0.2, 0.25) is 0 Å². The molecule has 1 amide bonds. The Morgan fingerprint density at radius 3 is 2.40 bits per heavy atom. The molecule has 2 aromatic rings. The van der Waals surface area contributed by atoms with Crippen molar-refractivity contribution in [3.8, 4) is 5.75 Å². The van der Waals surface area contributed by atoms with Gasteiger partial charge in [0.1, 0.15) is 15.8 Å². The Morgan fingerprint density at radius 2 is 1.88 bits per heavy atom. The van der Waals surface area contributed by atoms with E-state index in [1.54, 1.807) is 26.0 Å². The third-order valence-corrected chi connectivity index (χ3v) is 4.66. The number of aliphatic carboxylic acids is 1. The zero-order chi connectivity index (χ0) is 18.6. The largest absolute Gasteiger partial charge is 0.481 e. The fraction of sp³-hybridized carbons (Fsp3) is 0.412. The Labute approximate surface area is 150 Å². The van der Waals surface area contributed by atoms with E-state index in [9.17, 15) is 9.59 Å². The normalized spacial score (nSPS) is 10.8. The number of aryl methyl sites for hydroxylation is 2. The van der Waals surface area contributed by atoms with Crippen LogP contribution in [-0.4, -0.2) is 33.8 Å². The molecular weight excluding hydrogens is 342 g/mol. The van der Waals surface area contributed by atoms with Gasteiger partial charge in [-0.05, 0) is 37.1 Å². The summed E-state index contributed by atoms with van der Waals surface area (Å²) in [4.78, 5) is 23.0. The van der Waals surface area contributed by atoms with Gasteiger partial charge in [0, 0.05) is 11.5 Å². The lowest BCUT2D eigenvalue weighted by Crippen LogP contribution is -2.23. The molecule has 0 bridgehead atoms. The van der Waals surface area contributed by atoms with E-state index in [4.69, 9.17) is 9.84 Å². The highest BCUT2D eigenvalue weighted by molar-refractivity contribution is 7.11. The van der Waals surface area contributed by atoms with Crippen molar-refractivity contribution < 1.29 is 19.4 Å². The number of amides is 1. The summed E-state index contributed by atoms with van der Waals surface area (Å²) in [6, 6.07) is 3.36. The molecule has 0 unspecified atom stereocenters. The van der Waals surface area contributed by atoms with Crippen molar-refractivity contribution in [2.24, 2.45) is 0 Å². The van der Waals surface area contributed by atoms with E-state index in [1.165, 1.54) is 11.3 Å². The van der Waals surface area contributed by atoms with Crippen LogP contribution in [0.2, 0.25) is 0 Å². The maximum atomic E-state index is 12.4. The Morgan fingerprint density at radius 1 is 1.24 bits per heavy atom. The second-order valence-electron chi connectivity index (χ2n) is 5.99. The maximum Gasteiger partial charge on any atom is 0.341 e.